The molecule has 18 nitrogen and oxygen atoms in total. The van der Waals surface area contributed by atoms with Gasteiger partial charge in [0.2, 0.25) is 11.0 Å². The van der Waals surface area contributed by atoms with Gasteiger partial charge in [0.1, 0.15) is 91.6 Å². The molecule has 0 saturated heterocycles. The van der Waals surface area contributed by atoms with E-state index in [1.807, 2.05) is 0 Å². The summed E-state index contributed by atoms with van der Waals surface area (Å²) in [6, 6.07) is 10.8. The van der Waals surface area contributed by atoms with Crippen LogP contribution in [0.5, 0.6) is 0 Å². The van der Waals surface area contributed by atoms with E-state index in [9.17, 15) is 31.6 Å². The minimum atomic E-state index is -0.363. The molecule has 5 aromatic heterocycles. The topological polar surface area (TPSA) is 280 Å². The van der Waals surface area contributed by atoms with Gasteiger partial charge in [-0.2, -0.15) is 31.6 Å². The molecule has 0 aliphatic rings. The van der Waals surface area contributed by atoms with Crippen molar-refractivity contribution in [2.24, 2.45) is 0 Å². The van der Waals surface area contributed by atoms with Crippen LogP contribution in [0.3, 0.4) is 0 Å². The summed E-state index contributed by atoms with van der Waals surface area (Å²) in [6.45, 7) is 15.0. The fourth-order valence-corrected chi connectivity index (χ4v) is 4.76. The summed E-state index contributed by atoms with van der Waals surface area (Å²) in [5.41, 5.74) is -2.98. The molecule has 0 atom stereocenters. The lowest BCUT2D eigenvalue weighted by molar-refractivity contribution is 1.17. The molecule has 0 bridgehead atoms. The van der Waals surface area contributed by atoms with Gasteiger partial charge in [0.25, 0.3) is 0 Å². The summed E-state index contributed by atoms with van der Waals surface area (Å²) in [4.78, 5) is 50.2. The van der Waals surface area contributed by atoms with Crippen molar-refractivity contribution in [3.63, 3.8) is 0 Å². The highest BCUT2D eigenvalue weighted by molar-refractivity contribution is 6.24. The Morgan fingerprint density at radius 1 is 0.304 bits per heavy atom. The lowest BCUT2D eigenvalue weighted by Gasteiger charge is -2.11. The second-order valence-corrected chi connectivity index (χ2v) is 8.93. The van der Waals surface area contributed by atoms with Gasteiger partial charge in [0, 0.05) is 0 Å². The SMILES string of the molecule is [C-]#[N+]c1nc2c(nc1C#N)c1nc3c4nc(C#N)c(C#N)nc4c4nc(C#N)c(C#N)nc4c3nc1c1nc(C#N)c([N+]#[C-])nc12. The Bertz CT molecular complexity index is 2610. The van der Waals surface area contributed by atoms with Gasteiger partial charge in [-0.1, -0.05) is 13.1 Å². The number of fused-ring (bicyclic) bond motifs is 12. The molecular weight excluding hydrogens is 588 g/mol. The van der Waals surface area contributed by atoms with E-state index in [4.69, 9.17) is 23.1 Å². The maximum absolute atomic E-state index is 9.70. The van der Waals surface area contributed by atoms with Gasteiger partial charge in [0.05, 0.1) is 0 Å². The molecule has 46 heavy (non-hydrogen) atoms. The Balaban J connectivity index is 1.85. The normalized spacial score (nSPS) is 10.4. The van der Waals surface area contributed by atoms with E-state index in [0.717, 1.165) is 0 Å². The van der Waals surface area contributed by atoms with E-state index < -0.39 is 0 Å². The second-order valence-electron chi connectivity index (χ2n) is 8.93. The van der Waals surface area contributed by atoms with Gasteiger partial charge >= 0.3 is 11.6 Å². The zero-order chi connectivity index (χ0) is 32.3. The molecule has 7 aromatic rings. The van der Waals surface area contributed by atoms with Crippen molar-refractivity contribution < 1.29 is 0 Å². The standard InChI is InChI=1S/C28N18/c1-35-27-13(7-33)41-19-23-24(20-26(25(19)45-27)46-28(36-2)14(8-34)42-20)44-22-18-16(38-10(4-30)12(6-32)40-18)15-17(21(22)43-23)39-11(5-31)9(3-29)37-15. The van der Waals surface area contributed by atoms with E-state index in [2.05, 4.69) is 49.6 Å². The van der Waals surface area contributed by atoms with Crippen LogP contribution >= 0.6 is 0 Å². The van der Waals surface area contributed by atoms with E-state index >= 15 is 0 Å². The van der Waals surface area contributed by atoms with Crippen molar-refractivity contribution in [2.45, 2.75) is 0 Å². The van der Waals surface area contributed by atoms with Crippen LogP contribution in [0, 0.1) is 81.1 Å². The largest absolute Gasteiger partial charge is 0.358 e. The Morgan fingerprint density at radius 3 is 0.717 bits per heavy atom. The third-order valence-electron chi connectivity index (χ3n) is 6.64. The summed E-state index contributed by atoms with van der Waals surface area (Å²) < 4.78 is 0. The molecule has 5 heterocycles. The fraction of sp³-hybridized carbons (Fsp3) is 0. The van der Waals surface area contributed by atoms with Crippen LogP contribution in [0.2, 0.25) is 0 Å². The van der Waals surface area contributed by atoms with Crippen molar-refractivity contribution in [3.05, 3.63) is 57.0 Å². The summed E-state index contributed by atoms with van der Waals surface area (Å²) in [7, 11) is 0. The fourth-order valence-electron chi connectivity index (χ4n) is 4.76. The van der Waals surface area contributed by atoms with Gasteiger partial charge in [-0.15, -0.1) is 9.97 Å². The first kappa shape index (κ1) is 26.2. The van der Waals surface area contributed by atoms with Crippen LogP contribution in [0.25, 0.3) is 75.9 Å². The predicted molar refractivity (Wildman–Crippen MR) is 150 cm³/mol. The van der Waals surface area contributed by atoms with Gasteiger partial charge in [-0.25, -0.2) is 39.9 Å². The third kappa shape index (κ3) is 3.36. The van der Waals surface area contributed by atoms with Gasteiger partial charge in [-0.3, -0.25) is 0 Å². The summed E-state index contributed by atoms with van der Waals surface area (Å²) >= 11 is 0. The van der Waals surface area contributed by atoms with Crippen molar-refractivity contribution >= 4 is 77.8 Å². The first-order chi connectivity index (χ1) is 22.4. The molecule has 2 aromatic carbocycles. The number of nitriles is 6. The van der Waals surface area contributed by atoms with Crippen LogP contribution in [-0.2, 0) is 0 Å². The van der Waals surface area contributed by atoms with Gasteiger partial charge in [-0.05, 0) is 0 Å². The number of nitrogens with zero attached hydrogens (tertiary/aromatic N) is 18. The Labute approximate surface area is 252 Å². The molecule has 0 amide bonds. The third-order valence-corrected chi connectivity index (χ3v) is 6.64. The highest BCUT2D eigenvalue weighted by Gasteiger charge is 2.28. The molecular formula is C28N18. The van der Waals surface area contributed by atoms with Crippen LogP contribution < -0.4 is 0 Å². The molecule has 0 fully saturated rings. The second kappa shape index (κ2) is 9.43. The Hall–Kier alpha value is -8.68. The molecule has 0 radical (unpaired) electrons. The average molecular weight is 588 g/mol. The van der Waals surface area contributed by atoms with Crippen LogP contribution in [0.4, 0.5) is 11.6 Å². The lowest BCUT2D eigenvalue weighted by atomic mass is 10.1. The quantitative estimate of drug-likeness (QED) is 0.140. The number of rotatable bonds is 0. The van der Waals surface area contributed by atoms with Crippen molar-refractivity contribution in [1.82, 2.24) is 49.8 Å². The van der Waals surface area contributed by atoms with Crippen LogP contribution in [0.15, 0.2) is 0 Å². The number of aromatic nitrogens is 10. The Morgan fingerprint density at radius 2 is 0.500 bits per heavy atom. The lowest BCUT2D eigenvalue weighted by Crippen LogP contribution is -2.05. The molecule has 0 unspecified atom stereocenters. The highest BCUT2D eigenvalue weighted by Crippen LogP contribution is 2.37. The molecule has 18 heteroatoms. The van der Waals surface area contributed by atoms with E-state index in [-0.39, 0.29) is 112 Å². The van der Waals surface area contributed by atoms with Gasteiger partial charge < -0.3 is 9.69 Å². The van der Waals surface area contributed by atoms with Gasteiger partial charge in [0.15, 0.2) is 34.2 Å². The summed E-state index contributed by atoms with van der Waals surface area (Å²) in [6.07, 6.45) is 0. The minimum absolute atomic E-state index is 0.0586. The zero-order valence-corrected chi connectivity index (χ0v) is 22.0. The zero-order valence-electron chi connectivity index (χ0n) is 22.0. The monoisotopic (exact) mass is 588 g/mol. The molecule has 0 N–H and O–H groups in total. The molecule has 0 saturated carbocycles. The molecule has 0 aliphatic heterocycles. The minimum Gasteiger partial charge on any atom is -0.358 e. The highest BCUT2D eigenvalue weighted by atomic mass is 15.0. The maximum atomic E-state index is 9.70. The smallest absolute Gasteiger partial charge is 0.307 e. The van der Waals surface area contributed by atoms with E-state index in [1.165, 1.54) is 0 Å². The average Bonchev–Trinajstić information content (AvgIpc) is 3.11. The predicted octanol–water partition coefficient (Wildman–Crippen LogP) is 2.89. The molecule has 0 aliphatic carbocycles. The van der Waals surface area contributed by atoms with Crippen molar-refractivity contribution in [2.75, 3.05) is 0 Å². The van der Waals surface area contributed by atoms with Crippen LogP contribution in [-0.4, -0.2) is 49.8 Å². The number of hydrogen-bond acceptors (Lipinski definition) is 16. The summed E-state index contributed by atoms with van der Waals surface area (Å²) in [5.74, 6) is -0.727. The number of hydrogen-bond donors (Lipinski definition) is 0. The van der Waals surface area contributed by atoms with Crippen molar-refractivity contribution in [3.8, 4) is 36.4 Å². The number of benzene rings is 2. The molecule has 0 spiro atoms. The van der Waals surface area contributed by atoms with Crippen LogP contribution in [0.1, 0.15) is 34.2 Å². The van der Waals surface area contributed by atoms with E-state index in [1.54, 1.807) is 36.4 Å². The first-order valence-electron chi connectivity index (χ1n) is 12.2. The molecule has 202 valence electrons. The first-order valence-corrected chi connectivity index (χ1v) is 12.2. The maximum Gasteiger partial charge on any atom is 0.307 e. The molecule has 7 rings (SSSR count). The Kier molecular flexibility index (Phi) is 5.38. The van der Waals surface area contributed by atoms with E-state index in [0.29, 0.717) is 0 Å². The van der Waals surface area contributed by atoms with Crippen molar-refractivity contribution in [1.29, 1.82) is 31.6 Å². The summed E-state index contributed by atoms with van der Waals surface area (Å²) in [5, 5.41) is 58.0.